The molecule has 1 aromatic carbocycles. The normalized spacial score (nSPS) is 12.8. The Hall–Kier alpha value is -1.26. The van der Waals surface area contributed by atoms with E-state index in [-0.39, 0.29) is 5.56 Å². The van der Waals surface area contributed by atoms with Crippen molar-refractivity contribution >= 4 is 11.3 Å². The first-order chi connectivity index (χ1) is 7.61. The first-order valence-corrected chi connectivity index (χ1v) is 5.77. The maximum absolute atomic E-state index is 13.5. The molecule has 1 nitrogen and oxygen atoms in total. The van der Waals surface area contributed by atoms with Crippen LogP contribution in [0, 0.1) is 18.6 Å². The van der Waals surface area contributed by atoms with Gasteiger partial charge < -0.3 is 5.73 Å². The molecule has 0 saturated heterocycles. The van der Waals surface area contributed by atoms with Crippen molar-refractivity contribution in [1.29, 1.82) is 0 Å². The molecule has 0 bridgehead atoms. The standard InChI is InChI=1S/C12H11F2NS/c1-7-5-16-6-8(7)12(15)11-9(13)3-2-4-10(11)14/h2-6,12H,15H2,1H3. The van der Waals surface area contributed by atoms with Crippen LogP contribution in [0.5, 0.6) is 0 Å². The molecule has 0 aliphatic heterocycles. The Morgan fingerprint density at radius 1 is 1.19 bits per heavy atom. The van der Waals surface area contributed by atoms with Crippen LogP contribution in [0.3, 0.4) is 0 Å². The zero-order valence-corrected chi connectivity index (χ0v) is 9.52. The lowest BCUT2D eigenvalue weighted by atomic mass is 9.98. The zero-order valence-electron chi connectivity index (χ0n) is 8.71. The monoisotopic (exact) mass is 239 g/mol. The van der Waals surface area contributed by atoms with Gasteiger partial charge in [-0.1, -0.05) is 6.07 Å². The Balaban J connectivity index is 2.49. The number of thiophene rings is 1. The lowest BCUT2D eigenvalue weighted by Crippen LogP contribution is -2.15. The summed E-state index contributed by atoms with van der Waals surface area (Å²) in [5.74, 6) is -1.20. The third-order valence-electron chi connectivity index (χ3n) is 2.54. The molecule has 0 amide bonds. The minimum Gasteiger partial charge on any atom is -0.320 e. The zero-order chi connectivity index (χ0) is 11.7. The Bertz CT molecular complexity index is 487. The third kappa shape index (κ3) is 1.86. The van der Waals surface area contributed by atoms with Crippen molar-refractivity contribution in [3.63, 3.8) is 0 Å². The van der Waals surface area contributed by atoms with Crippen LogP contribution < -0.4 is 5.73 Å². The molecule has 4 heteroatoms. The second kappa shape index (κ2) is 4.31. The second-order valence-corrected chi connectivity index (χ2v) is 4.37. The molecule has 0 saturated carbocycles. The summed E-state index contributed by atoms with van der Waals surface area (Å²) in [6.45, 7) is 1.88. The van der Waals surface area contributed by atoms with Gasteiger partial charge in [-0.05, 0) is 40.9 Å². The van der Waals surface area contributed by atoms with Gasteiger partial charge in [-0.3, -0.25) is 0 Å². The predicted molar refractivity (Wildman–Crippen MR) is 61.4 cm³/mol. The largest absolute Gasteiger partial charge is 0.320 e. The Morgan fingerprint density at radius 3 is 2.31 bits per heavy atom. The van der Waals surface area contributed by atoms with Gasteiger partial charge in [0.25, 0.3) is 0 Å². The highest BCUT2D eigenvalue weighted by Gasteiger charge is 2.19. The van der Waals surface area contributed by atoms with Crippen LogP contribution in [0.2, 0.25) is 0 Å². The summed E-state index contributed by atoms with van der Waals surface area (Å²) >= 11 is 1.48. The van der Waals surface area contributed by atoms with E-state index in [1.165, 1.54) is 29.5 Å². The van der Waals surface area contributed by atoms with Crippen LogP contribution in [-0.4, -0.2) is 0 Å². The van der Waals surface area contributed by atoms with Gasteiger partial charge in [-0.15, -0.1) is 0 Å². The number of benzene rings is 1. The third-order valence-corrected chi connectivity index (χ3v) is 3.42. The summed E-state index contributed by atoms with van der Waals surface area (Å²) in [4.78, 5) is 0. The van der Waals surface area contributed by atoms with E-state index in [9.17, 15) is 8.78 Å². The van der Waals surface area contributed by atoms with Crippen LogP contribution in [0.15, 0.2) is 29.0 Å². The molecule has 1 atom stereocenters. The van der Waals surface area contributed by atoms with Gasteiger partial charge in [0.2, 0.25) is 0 Å². The molecule has 2 rings (SSSR count). The molecule has 1 heterocycles. The van der Waals surface area contributed by atoms with Gasteiger partial charge in [0.15, 0.2) is 0 Å². The van der Waals surface area contributed by atoms with Gasteiger partial charge in [-0.2, -0.15) is 11.3 Å². The molecule has 84 valence electrons. The van der Waals surface area contributed by atoms with Gasteiger partial charge in [0.1, 0.15) is 11.6 Å². The lowest BCUT2D eigenvalue weighted by Gasteiger charge is -2.13. The quantitative estimate of drug-likeness (QED) is 0.854. The maximum Gasteiger partial charge on any atom is 0.131 e. The van der Waals surface area contributed by atoms with E-state index < -0.39 is 17.7 Å². The second-order valence-electron chi connectivity index (χ2n) is 3.62. The highest BCUT2D eigenvalue weighted by molar-refractivity contribution is 7.08. The number of hydrogen-bond donors (Lipinski definition) is 1. The SMILES string of the molecule is Cc1cscc1C(N)c1c(F)cccc1F. The van der Waals surface area contributed by atoms with E-state index in [1.807, 2.05) is 17.7 Å². The van der Waals surface area contributed by atoms with E-state index in [0.29, 0.717) is 0 Å². The summed E-state index contributed by atoms with van der Waals surface area (Å²) in [6, 6.07) is 3.04. The lowest BCUT2D eigenvalue weighted by molar-refractivity contribution is 0.543. The van der Waals surface area contributed by atoms with Crippen molar-refractivity contribution in [3.8, 4) is 0 Å². The molecule has 0 fully saturated rings. The first kappa shape index (κ1) is 11.2. The molecule has 1 unspecified atom stereocenters. The highest BCUT2D eigenvalue weighted by Crippen LogP contribution is 2.28. The van der Waals surface area contributed by atoms with E-state index in [1.54, 1.807) is 0 Å². The number of hydrogen-bond acceptors (Lipinski definition) is 2. The fourth-order valence-electron chi connectivity index (χ4n) is 1.65. The average molecular weight is 239 g/mol. The average Bonchev–Trinajstić information content (AvgIpc) is 2.64. The van der Waals surface area contributed by atoms with Crippen LogP contribution in [0.1, 0.15) is 22.7 Å². The molecule has 0 radical (unpaired) electrons. The van der Waals surface area contributed by atoms with Gasteiger partial charge >= 0.3 is 0 Å². The van der Waals surface area contributed by atoms with Crippen LogP contribution in [0.4, 0.5) is 8.78 Å². The van der Waals surface area contributed by atoms with Crippen LogP contribution in [-0.2, 0) is 0 Å². The summed E-state index contributed by atoms with van der Waals surface area (Å²) in [6.07, 6.45) is 0. The van der Waals surface area contributed by atoms with Crippen molar-refractivity contribution in [3.05, 3.63) is 57.3 Å². The number of halogens is 2. The maximum atomic E-state index is 13.5. The molecule has 0 spiro atoms. The highest BCUT2D eigenvalue weighted by atomic mass is 32.1. The number of rotatable bonds is 2. The Kier molecular flexibility index (Phi) is 3.03. The fourth-order valence-corrected chi connectivity index (χ4v) is 2.54. The minimum absolute atomic E-state index is 0.0657. The first-order valence-electron chi connectivity index (χ1n) is 4.83. The van der Waals surface area contributed by atoms with E-state index in [0.717, 1.165) is 11.1 Å². The van der Waals surface area contributed by atoms with Crippen molar-refractivity contribution in [2.45, 2.75) is 13.0 Å². The number of nitrogens with two attached hydrogens (primary N) is 1. The predicted octanol–water partition coefficient (Wildman–Crippen LogP) is 3.38. The van der Waals surface area contributed by atoms with Crippen molar-refractivity contribution < 1.29 is 8.78 Å². The Morgan fingerprint density at radius 2 is 1.81 bits per heavy atom. The van der Waals surface area contributed by atoms with Crippen molar-refractivity contribution in [2.75, 3.05) is 0 Å². The van der Waals surface area contributed by atoms with Crippen molar-refractivity contribution in [1.82, 2.24) is 0 Å². The molecular weight excluding hydrogens is 228 g/mol. The minimum atomic E-state index is -0.743. The summed E-state index contributed by atoms with van der Waals surface area (Å²) in [5, 5.41) is 3.74. The molecule has 0 aliphatic rings. The number of aryl methyl sites for hydroxylation is 1. The molecule has 16 heavy (non-hydrogen) atoms. The van der Waals surface area contributed by atoms with Crippen LogP contribution in [0.25, 0.3) is 0 Å². The van der Waals surface area contributed by atoms with Crippen LogP contribution >= 0.6 is 11.3 Å². The van der Waals surface area contributed by atoms with Crippen molar-refractivity contribution in [2.24, 2.45) is 5.73 Å². The van der Waals surface area contributed by atoms with E-state index >= 15 is 0 Å². The molecule has 0 aliphatic carbocycles. The molecular formula is C12H11F2NS. The van der Waals surface area contributed by atoms with Gasteiger partial charge in [-0.25, -0.2) is 8.78 Å². The Labute approximate surface area is 96.5 Å². The fraction of sp³-hybridized carbons (Fsp3) is 0.167. The van der Waals surface area contributed by atoms with E-state index in [2.05, 4.69) is 0 Å². The molecule has 1 aromatic heterocycles. The summed E-state index contributed by atoms with van der Waals surface area (Å²) in [7, 11) is 0. The van der Waals surface area contributed by atoms with E-state index in [4.69, 9.17) is 5.73 Å². The van der Waals surface area contributed by atoms with Gasteiger partial charge in [0.05, 0.1) is 6.04 Å². The van der Waals surface area contributed by atoms with Gasteiger partial charge in [0, 0.05) is 5.56 Å². The topological polar surface area (TPSA) is 26.0 Å². The summed E-state index contributed by atoms with van der Waals surface area (Å²) in [5.41, 5.74) is 7.55. The smallest absolute Gasteiger partial charge is 0.131 e. The molecule has 2 aromatic rings. The summed E-state index contributed by atoms with van der Waals surface area (Å²) < 4.78 is 27.0. The molecule has 2 N–H and O–H groups in total.